The molecule has 0 spiro atoms. The Morgan fingerprint density at radius 3 is 2.71 bits per heavy atom. The average Bonchev–Trinajstić information content (AvgIpc) is 2.38. The van der Waals surface area contributed by atoms with Crippen molar-refractivity contribution in [3.63, 3.8) is 0 Å². The van der Waals surface area contributed by atoms with Crippen LogP contribution >= 0.6 is 11.6 Å². The van der Waals surface area contributed by atoms with E-state index in [4.69, 9.17) is 11.6 Å². The first-order valence-electron chi connectivity index (χ1n) is 5.93. The van der Waals surface area contributed by atoms with Gasteiger partial charge in [0.15, 0.2) is 0 Å². The highest BCUT2D eigenvalue weighted by Crippen LogP contribution is 2.22. The molecule has 1 heterocycles. The first kappa shape index (κ1) is 12.3. The van der Waals surface area contributed by atoms with Gasteiger partial charge in [-0.05, 0) is 12.8 Å². The topological polar surface area (TPSA) is 46.1 Å². The number of rotatable bonds is 2. The van der Waals surface area contributed by atoms with Crippen molar-refractivity contribution in [2.75, 3.05) is 7.05 Å². The van der Waals surface area contributed by atoms with Crippen molar-refractivity contribution >= 4 is 17.5 Å². The SMILES string of the molecule is CN(C(=O)c1cncc(Cl)n1)C1CCCCC1. The maximum Gasteiger partial charge on any atom is 0.274 e. The predicted octanol–water partition coefficient (Wildman–Crippen LogP) is 2.53. The van der Waals surface area contributed by atoms with Crippen molar-refractivity contribution in [2.45, 2.75) is 38.1 Å². The van der Waals surface area contributed by atoms with Crippen LogP contribution in [-0.4, -0.2) is 33.9 Å². The zero-order valence-electron chi connectivity index (χ0n) is 9.90. The predicted molar refractivity (Wildman–Crippen MR) is 66.0 cm³/mol. The molecule has 1 aromatic rings. The quantitative estimate of drug-likeness (QED) is 0.814. The smallest absolute Gasteiger partial charge is 0.274 e. The van der Waals surface area contributed by atoms with Gasteiger partial charge < -0.3 is 4.90 Å². The number of hydrogen-bond donors (Lipinski definition) is 0. The lowest BCUT2D eigenvalue weighted by Gasteiger charge is -2.30. The minimum Gasteiger partial charge on any atom is -0.337 e. The molecule has 4 nitrogen and oxygen atoms in total. The molecule has 1 aliphatic carbocycles. The standard InChI is InChI=1S/C12H16ClN3O/c1-16(9-5-3-2-4-6-9)12(17)10-7-14-8-11(13)15-10/h7-9H,2-6H2,1H3. The summed E-state index contributed by atoms with van der Waals surface area (Å²) in [6.45, 7) is 0. The minimum absolute atomic E-state index is 0.0908. The Bertz CT molecular complexity index is 404. The van der Waals surface area contributed by atoms with Crippen molar-refractivity contribution in [3.05, 3.63) is 23.2 Å². The number of hydrogen-bond acceptors (Lipinski definition) is 3. The molecule has 0 bridgehead atoms. The van der Waals surface area contributed by atoms with Gasteiger partial charge in [0.2, 0.25) is 0 Å². The van der Waals surface area contributed by atoms with Gasteiger partial charge in [-0.25, -0.2) is 4.98 Å². The molecule has 0 aliphatic heterocycles. The van der Waals surface area contributed by atoms with Gasteiger partial charge in [0.1, 0.15) is 10.8 Å². The van der Waals surface area contributed by atoms with Gasteiger partial charge in [0.05, 0.1) is 12.4 Å². The summed E-state index contributed by atoms with van der Waals surface area (Å²) in [7, 11) is 1.83. The van der Waals surface area contributed by atoms with Crippen LogP contribution in [0.5, 0.6) is 0 Å². The molecule has 0 atom stereocenters. The van der Waals surface area contributed by atoms with E-state index in [-0.39, 0.29) is 11.1 Å². The summed E-state index contributed by atoms with van der Waals surface area (Å²) >= 11 is 5.74. The molecule has 2 rings (SSSR count). The molecule has 17 heavy (non-hydrogen) atoms. The number of nitrogens with zero attached hydrogens (tertiary/aromatic N) is 3. The molecule has 0 unspecified atom stereocenters. The van der Waals surface area contributed by atoms with Crippen molar-refractivity contribution in [3.8, 4) is 0 Å². The van der Waals surface area contributed by atoms with E-state index < -0.39 is 0 Å². The van der Waals surface area contributed by atoms with E-state index in [2.05, 4.69) is 9.97 Å². The van der Waals surface area contributed by atoms with Gasteiger partial charge in [0, 0.05) is 13.1 Å². The summed E-state index contributed by atoms with van der Waals surface area (Å²) in [5, 5.41) is 0.257. The number of carbonyl (C=O) groups is 1. The zero-order chi connectivity index (χ0) is 12.3. The average molecular weight is 254 g/mol. The van der Waals surface area contributed by atoms with E-state index in [0.717, 1.165) is 12.8 Å². The highest BCUT2D eigenvalue weighted by molar-refractivity contribution is 6.29. The third kappa shape index (κ3) is 2.94. The Morgan fingerprint density at radius 2 is 2.06 bits per heavy atom. The Morgan fingerprint density at radius 1 is 1.35 bits per heavy atom. The van der Waals surface area contributed by atoms with Crippen LogP contribution in [0.2, 0.25) is 5.15 Å². The summed E-state index contributed by atoms with van der Waals surface area (Å²) in [4.78, 5) is 21.8. The Labute approximate surface area is 106 Å². The van der Waals surface area contributed by atoms with Crippen LogP contribution in [0.15, 0.2) is 12.4 Å². The molecular weight excluding hydrogens is 238 g/mol. The van der Waals surface area contributed by atoms with Crippen LogP contribution in [0.4, 0.5) is 0 Å². The van der Waals surface area contributed by atoms with Crippen LogP contribution in [0, 0.1) is 0 Å². The van der Waals surface area contributed by atoms with E-state index >= 15 is 0 Å². The molecule has 0 aromatic carbocycles. The van der Waals surface area contributed by atoms with Gasteiger partial charge in [-0.2, -0.15) is 0 Å². The lowest BCUT2D eigenvalue weighted by molar-refractivity contribution is 0.0690. The van der Waals surface area contributed by atoms with Crippen LogP contribution < -0.4 is 0 Å². The van der Waals surface area contributed by atoms with Crippen LogP contribution in [0.25, 0.3) is 0 Å². The van der Waals surface area contributed by atoms with E-state index in [1.54, 1.807) is 4.90 Å². The summed E-state index contributed by atoms with van der Waals surface area (Å²) in [5.41, 5.74) is 0.325. The second-order valence-electron chi connectivity index (χ2n) is 4.43. The van der Waals surface area contributed by atoms with Crippen molar-refractivity contribution in [1.82, 2.24) is 14.9 Å². The Kier molecular flexibility index (Phi) is 3.94. The maximum atomic E-state index is 12.2. The number of halogens is 1. The lowest BCUT2D eigenvalue weighted by atomic mass is 9.94. The van der Waals surface area contributed by atoms with Crippen molar-refractivity contribution in [1.29, 1.82) is 0 Å². The second kappa shape index (κ2) is 5.45. The molecule has 0 saturated heterocycles. The fourth-order valence-electron chi connectivity index (χ4n) is 2.26. The molecule has 1 aliphatic rings. The summed E-state index contributed by atoms with van der Waals surface area (Å²) in [5.74, 6) is -0.0908. The summed E-state index contributed by atoms with van der Waals surface area (Å²) < 4.78 is 0. The first-order chi connectivity index (χ1) is 8.18. The van der Waals surface area contributed by atoms with E-state index in [1.807, 2.05) is 7.05 Å². The Balaban J connectivity index is 2.08. The highest BCUT2D eigenvalue weighted by Gasteiger charge is 2.23. The third-order valence-corrected chi connectivity index (χ3v) is 3.45. The normalized spacial score (nSPS) is 16.8. The van der Waals surface area contributed by atoms with Crippen molar-refractivity contribution < 1.29 is 4.79 Å². The second-order valence-corrected chi connectivity index (χ2v) is 4.82. The van der Waals surface area contributed by atoms with Gasteiger partial charge >= 0.3 is 0 Å². The molecule has 1 aromatic heterocycles. The van der Waals surface area contributed by atoms with Gasteiger partial charge in [-0.1, -0.05) is 30.9 Å². The van der Waals surface area contributed by atoms with E-state index in [1.165, 1.54) is 31.7 Å². The van der Waals surface area contributed by atoms with Crippen LogP contribution in [0.3, 0.4) is 0 Å². The minimum atomic E-state index is -0.0908. The Hall–Kier alpha value is -1.16. The summed E-state index contributed by atoms with van der Waals surface area (Å²) in [6, 6.07) is 0.331. The van der Waals surface area contributed by atoms with Gasteiger partial charge in [-0.3, -0.25) is 9.78 Å². The maximum absolute atomic E-state index is 12.2. The largest absolute Gasteiger partial charge is 0.337 e. The molecule has 92 valence electrons. The molecular formula is C12H16ClN3O. The molecule has 0 N–H and O–H groups in total. The van der Waals surface area contributed by atoms with Crippen molar-refractivity contribution in [2.24, 2.45) is 0 Å². The van der Waals surface area contributed by atoms with Crippen LogP contribution in [0.1, 0.15) is 42.6 Å². The summed E-state index contributed by atoms with van der Waals surface area (Å²) in [6.07, 6.45) is 8.72. The molecule has 1 saturated carbocycles. The highest BCUT2D eigenvalue weighted by atomic mass is 35.5. The molecule has 5 heteroatoms. The fourth-order valence-corrected chi connectivity index (χ4v) is 2.41. The molecule has 1 fully saturated rings. The van der Waals surface area contributed by atoms with E-state index in [9.17, 15) is 4.79 Å². The van der Waals surface area contributed by atoms with E-state index in [0.29, 0.717) is 11.7 Å². The first-order valence-corrected chi connectivity index (χ1v) is 6.31. The monoisotopic (exact) mass is 253 g/mol. The van der Waals surface area contributed by atoms with Gasteiger partial charge in [-0.15, -0.1) is 0 Å². The zero-order valence-corrected chi connectivity index (χ0v) is 10.7. The number of aromatic nitrogens is 2. The lowest BCUT2D eigenvalue weighted by Crippen LogP contribution is -2.38. The fraction of sp³-hybridized carbons (Fsp3) is 0.583. The number of carbonyl (C=O) groups excluding carboxylic acids is 1. The number of amides is 1. The third-order valence-electron chi connectivity index (χ3n) is 3.27. The van der Waals surface area contributed by atoms with Gasteiger partial charge in [0.25, 0.3) is 5.91 Å². The molecule has 1 amide bonds. The van der Waals surface area contributed by atoms with Crippen LogP contribution in [-0.2, 0) is 0 Å². The molecule has 0 radical (unpaired) electrons.